The van der Waals surface area contributed by atoms with Crippen molar-refractivity contribution in [3.8, 4) is 0 Å². The van der Waals surface area contributed by atoms with Gasteiger partial charge >= 0.3 is 6.03 Å². The lowest BCUT2D eigenvalue weighted by Gasteiger charge is -2.07. The third kappa shape index (κ3) is 3.52. The summed E-state index contributed by atoms with van der Waals surface area (Å²) in [6.45, 7) is 0. The van der Waals surface area contributed by atoms with Gasteiger partial charge in [-0.2, -0.15) is 0 Å². The number of aromatic nitrogens is 1. The summed E-state index contributed by atoms with van der Waals surface area (Å²) < 4.78 is 0.996. The van der Waals surface area contributed by atoms with Crippen molar-refractivity contribution in [2.24, 2.45) is 0 Å². The molecule has 0 spiro atoms. The Balaban J connectivity index is 1.61. The molecule has 3 N–H and O–H groups in total. The van der Waals surface area contributed by atoms with Gasteiger partial charge in [-0.3, -0.25) is 15.5 Å². The number of carbonyl (C=O) groups excluding carboxylic acids is 1. The second-order valence-electron chi connectivity index (χ2n) is 4.50. The number of hydrazine groups is 1. The molecule has 2 aromatic carbocycles. The van der Waals surface area contributed by atoms with Crippen LogP contribution in [0.5, 0.6) is 0 Å². The third-order valence-electron chi connectivity index (χ3n) is 2.89. The van der Waals surface area contributed by atoms with Crippen molar-refractivity contribution in [3.05, 3.63) is 58.6 Å². The number of nitro benzene ring substituents is 1. The fraction of sp³-hybridized carbons (Fsp3) is 0. The Morgan fingerprint density at radius 1 is 1.17 bits per heavy atom. The first-order valence-corrected chi connectivity index (χ1v) is 7.36. The second kappa shape index (κ2) is 6.28. The van der Waals surface area contributed by atoms with Gasteiger partial charge < -0.3 is 5.32 Å². The fourth-order valence-corrected chi connectivity index (χ4v) is 2.71. The normalized spacial score (nSPS) is 10.3. The molecular formula is C14H11N5O3S. The summed E-state index contributed by atoms with van der Waals surface area (Å²) in [6, 6.07) is 12.7. The molecule has 0 aliphatic rings. The molecule has 0 aliphatic heterocycles. The van der Waals surface area contributed by atoms with Crippen LogP contribution in [0.25, 0.3) is 10.2 Å². The van der Waals surface area contributed by atoms with Gasteiger partial charge in [0.05, 0.1) is 15.1 Å². The van der Waals surface area contributed by atoms with Crippen molar-refractivity contribution in [2.75, 3.05) is 10.7 Å². The number of fused-ring (bicyclic) bond motifs is 1. The first kappa shape index (κ1) is 14.7. The highest BCUT2D eigenvalue weighted by atomic mass is 32.1. The van der Waals surface area contributed by atoms with Crippen molar-refractivity contribution < 1.29 is 9.72 Å². The van der Waals surface area contributed by atoms with Crippen molar-refractivity contribution in [1.82, 2.24) is 10.4 Å². The molecule has 0 saturated heterocycles. The molecule has 0 unspecified atom stereocenters. The second-order valence-corrected chi connectivity index (χ2v) is 5.53. The Kier molecular flexibility index (Phi) is 4.02. The van der Waals surface area contributed by atoms with Crippen LogP contribution in [0.1, 0.15) is 0 Å². The van der Waals surface area contributed by atoms with Gasteiger partial charge in [0, 0.05) is 17.8 Å². The van der Waals surface area contributed by atoms with Gasteiger partial charge in [0.2, 0.25) is 5.13 Å². The summed E-state index contributed by atoms with van der Waals surface area (Å²) in [5, 5.41) is 13.7. The Morgan fingerprint density at radius 3 is 2.78 bits per heavy atom. The van der Waals surface area contributed by atoms with Crippen LogP contribution in [-0.2, 0) is 0 Å². The standard InChI is InChI=1S/C14H11N5O3S/c20-13(15-9-4-3-5-10(8-9)19(21)22)17-18-14-16-11-6-1-2-7-12(11)23-14/h1-8H,(H,16,18)(H2,15,17,20). The number of benzene rings is 2. The maximum Gasteiger partial charge on any atom is 0.337 e. The molecule has 3 rings (SSSR count). The largest absolute Gasteiger partial charge is 0.337 e. The number of non-ortho nitro benzene ring substituents is 1. The summed E-state index contributed by atoms with van der Waals surface area (Å²) in [4.78, 5) is 26.3. The number of thiazole rings is 1. The molecule has 0 atom stereocenters. The predicted octanol–water partition coefficient (Wildman–Crippen LogP) is 3.35. The van der Waals surface area contributed by atoms with E-state index < -0.39 is 11.0 Å². The van der Waals surface area contributed by atoms with Crippen LogP contribution in [-0.4, -0.2) is 15.9 Å². The minimum absolute atomic E-state index is 0.0954. The molecule has 8 nitrogen and oxygen atoms in total. The summed E-state index contributed by atoms with van der Waals surface area (Å²) in [5.74, 6) is 0. The van der Waals surface area contributed by atoms with Gasteiger partial charge in [-0.15, -0.1) is 0 Å². The number of nitro groups is 1. The van der Waals surface area contributed by atoms with Crippen molar-refractivity contribution >= 4 is 44.1 Å². The van der Waals surface area contributed by atoms with Gasteiger partial charge in [-0.25, -0.2) is 15.2 Å². The van der Waals surface area contributed by atoms with E-state index in [1.165, 1.54) is 29.5 Å². The van der Waals surface area contributed by atoms with Gasteiger partial charge in [0.1, 0.15) is 0 Å². The lowest BCUT2D eigenvalue weighted by atomic mass is 10.3. The highest BCUT2D eigenvalue weighted by Crippen LogP contribution is 2.24. The van der Waals surface area contributed by atoms with E-state index >= 15 is 0 Å². The molecule has 23 heavy (non-hydrogen) atoms. The van der Waals surface area contributed by atoms with E-state index in [9.17, 15) is 14.9 Å². The number of rotatable bonds is 4. The van der Waals surface area contributed by atoms with Crippen molar-refractivity contribution in [3.63, 3.8) is 0 Å². The third-order valence-corrected chi connectivity index (χ3v) is 3.84. The van der Waals surface area contributed by atoms with Crippen molar-refractivity contribution in [1.29, 1.82) is 0 Å². The number of anilines is 2. The SMILES string of the molecule is O=C(NNc1nc2ccccc2s1)Nc1cccc([N+](=O)[O-])c1. The summed E-state index contributed by atoms with van der Waals surface area (Å²) in [7, 11) is 0. The molecule has 1 aromatic heterocycles. The zero-order valence-electron chi connectivity index (χ0n) is 11.6. The monoisotopic (exact) mass is 329 g/mol. The molecule has 0 fully saturated rings. The van der Waals surface area contributed by atoms with Crippen LogP contribution < -0.4 is 16.2 Å². The van der Waals surface area contributed by atoms with Gasteiger partial charge in [-0.05, 0) is 18.2 Å². The quantitative estimate of drug-likeness (QED) is 0.502. The molecule has 9 heteroatoms. The molecule has 3 aromatic rings. The molecule has 0 saturated carbocycles. The first-order valence-electron chi connectivity index (χ1n) is 6.55. The lowest BCUT2D eigenvalue weighted by Crippen LogP contribution is -2.33. The van der Waals surface area contributed by atoms with E-state index in [0.29, 0.717) is 10.8 Å². The maximum atomic E-state index is 11.8. The Labute approximate surface area is 134 Å². The van der Waals surface area contributed by atoms with Gasteiger partial charge in [0.25, 0.3) is 5.69 Å². The minimum atomic E-state index is -0.551. The maximum absolute atomic E-state index is 11.8. The fourth-order valence-electron chi connectivity index (χ4n) is 1.90. The number of amides is 2. The van der Waals surface area contributed by atoms with Crippen LogP contribution in [0.4, 0.5) is 21.3 Å². The number of urea groups is 1. The topological polar surface area (TPSA) is 109 Å². The number of nitrogens with one attached hydrogen (secondary N) is 3. The van der Waals surface area contributed by atoms with Crippen molar-refractivity contribution in [2.45, 2.75) is 0 Å². The summed E-state index contributed by atoms with van der Waals surface area (Å²) in [5.41, 5.74) is 6.20. The zero-order chi connectivity index (χ0) is 16.2. The summed E-state index contributed by atoms with van der Waals surface area (Å²) >= 11 is 1.40. The van der Waals surface area contributed by atoms with Gasteiger partial charge in [0.15, 0.2) is 0 Å². The molecule has 116 valence electrons. The number of nitrogens with zero attached hydrogens (tertiary/aromatic N) is 2. The molecule has 1 heterocycles. The van der Waals surface area contributed by atoms with Crippen LogP contribution in [0.15, 0.2) is 48.5 Å². The first-order chi connectivity index (χ1) is 11.1. The average Bonchev–Trinajstić information content (AvgIpc) is 2.96. The predicted molar refractivity (Wildman–Crippen MR) is 88.5 cm³/mol. The number of para-hydroxylation sites is 1. The Bertz CT molecular complexity index is 846. The van der Waals surface area contributed by atoms with Gasteiger partial charge in [-0.1, -0.05) is 29.5 Å². The van der Waals surface area contributed by atoms with Crippen LogP contribution in [0.3, 0.4) is 0 Å². The molecule has 2 amide bonds. The molecule has 0 aliphatic carbocycles. The average molecular weight is 329 g/mol. The van der Waals surface area contributed by atoms with E-state index in [2.05, 4.69) is 21.2 Å². The summed E-state index contributed by atoms with van der Waals surface area (Å²) in [6.07, 6.45) is 0. The molecule has 0 bridgehead atoms. The number of hydrogen-bond acceptors (Lipinski definition) is 6. The number of hydrogen-bond donors (Lipinski definition) is 3. The van der Waals surface area contributed by atoms with Crippen LogP contribution in [0.2, 0.25) is 0 Å². The minimum Gasteiger partial charge on any atom is -0.306 e. The van der Waals surface area contributed by atoms with E-state index in [4.69, 9.17) is 0 Å². The van der Waals surface area contributed by atoms with E-state index in [1.54, 1.807) is 6.07 Å². The molecular weight excluding hydrogens is 318 g/mol. The Morgan fingerprint density at radius 2 is 2.00 bits per heavy atom. The van der Waals surface area contributed by atoms with E-state index in [-0.39, 0.29) is 5.69 Å². The van der Waals surface area contributed by atoms with E-state index in [1.807, 2.05) is 24.3 Å². The van der Waals surface area contributed by atoms with Crippen LogP contribution >= 0.6 is 11.3 Å². The smallest absolute Gasteiger partial charge is 0.306 e. The highest BCUT2D eigenvalue weighted by molar-refractivity contribution is 7.22. The van der Waals surface area contributed by atoms with E-state index in [0.717, 1.165) is 10.2 Å². The molecule has 0 radical (unpaired) electrons. The Hall–Kier alpha value is -3.20. The zero-order valence-corrected chi connectivity index (χ0v) is 12.5. The van der Waals surface area contributed by atoms with Crippen LogP contribution in [0, 0.1) is 10.1 Å². The highest BCUT2D eigenvalue weighted by Gasteiger charge is 2.08. The lowest BCUT2D eigenvalue weighted by molar-refractivity contribution is -0.384. The number of carbonyl (C=O) groups is 1.